The van der Waals surface area contributed by atoms with Crippen LogP contribution in [0.4, 0.5) is 0 Å². The number of fused-ring (bicyclic) bond motifs is 5. The lowest BCUT2D eigenvalue weighted by Crippen LogP contribution is -2.53. The summed E-state index contributed by atoms with van der Waals surface area (Å²) in [5.74, 6) is 3.01. The van der Waals surface area contributed by atoms with Gasteiger partial charge in [-0.2, -0.15) is 0 Å². The van der Waals surface area contributed by atoms with Crippen LogP contribution in [0.25, 0.3) is 0 Å². The van der Waals surface area contributed by atoms with Crippen LogP contribution in [0.15, 0.2) is 12.2 Å². The van der Waals surface area contributed by atoms with Gasteiger partial charge in [-0.15, -0.1) is 0 Å². The number of allylic oxidation sites excluding steroid dienone is 2. The van der Waals surface area contributed by atoms with Crippen LogP contribution in [0.3, 0.4) is 0 Å². The van der Waals surface area contributed by atoms with Crippen molar-refractivity contribution < 1.29 is 15.0 Å². The van der Waals surface area contributed by atoms with Crippen molar-refractivity contribution in [3.63, 3.8) is 0 Å². The molecule has 0 aliphatic heterocycles. The first-order valence-electron chi connectivity index (χ1n) is 11.3. The Hall–Kier alpha value is -0.830. The highest BCUT2D eigenvalue weighted by atomic mass is 16.4. The number of carboxylic acids is 1. The third kappa shape index (κ3) is 2.99. The summed E-state index contributed by atoms with van der Waals surface area (Å²) < 4.78 is 0. The van der Waals surface area contributed by atoms with E-state index in [1.807, 2.05) is 0 Å². The molecule has 3 saturated carbocycles. The lowest BCUT2D eigenvalue weighted by Gasteiger charge is -2.60. The highest BCUT2D eigenvalue weighted by molar-refractivity contribution is 5.67. The molecule has 0 aromatic heterocycles. The van der Waals surface area contributed by atoms with E-state index in [9.17, 15) is 9.90 Å². The fourth-order valence-electron chi connectivity index (χ4n) is 8.38. The molecule has 3 fully saturated rings. The first-order chi connectivity index (χ1) is 12.8. The van der Waals surface area contributed by atoms with E-state index in [-0.39, 0.29) is 17.8 Å². The van der Waals surface area contributed by atoms with Crippen molar-refractivity contribution in [1.29, 1.82) is 0 Å². The zero-order valence-electron chi connectivity index (χ0n) is 17.4. The van der Waals surface area contributed by atoms with Gasteiger partial charge in [0.1, 0.15) is 0 Å². The van der Waals surface area contributed by atoms with E-state index in [0.29, 0.717) is 11.3 Å². The van der Waals surface area contributed by atoms with Crippen LogP contribution >= 0.6 is 0 Å². The van der Waals surface area contributed by atoms with Crippen molar-refractivity contribution in [3.8, 4) is 0 Å². The monoisotopic (exact) mass is 374 g/mol. The second-order valence-corrected chi connectivity index (χ2v) is 10.8. The SMILES string of the molecule is C[C@H](C(O)CC(=O)O)[C@H]1CC[C@H]2[C@@H]3CCC4CC=CC[C@]4(C)[C@H]3CC[C@]12C. The Morgan fingerprint density at radius 2 is 1.81 bits per heavy atom. The number of carbonyl (C=O) groups is 1. The third-order valence-corrected chi connectivity index (χ3v) is 9.91. The largest absolute Gasteiger partial charge is 0.481 e. The number of hydrogen-bond donors (Lipinski definition) is 2. The lowest BCUT2D eigenvalue weighted by atomic mass is 9.45. The summed E-state index contributed by atoms with van der Waals surface area (Å²) in [7, 11) is 0. The number of rotatable bonds is 4. The zero-order chi connectivity index (χ0) is 19.4. The molecule has 0 saturated heterocycles. The van der Waals surface area contributed by atoms with Crippen molar-refractivity contribution >= 4 is 5.97 Å². The van der Waals surface area contributed by atoms with Crippen LogP contribution in [0.1, 0.15) is 78.6 Å². The Labute approximate surface area is 164 Å². The van der Waals surface area contributed by atoms with Crippen molar-refractivity contribution in [2.45, 2.75) is 84.7 Å². The van der Waals surface area contributed by atoms with Crippen molar-refractivity contribution in [2.75, 3.05) is 0 Å². The highest BCUT2D eigenvalue weighted by Crippen LogP contribution is 2.67. The molecular weight excluding hydrogens is 336 g/mol. The molecule has 27 heavy (non-hydrogen) atoms. The molecule has 0 amide bonds. The van der Waals surface area contributed by atoms with Gasteiger partial charge in [0.05, 0.1) is 12.5 Å². The Balaban J connectivity index is 1.54. The quantitative estimate of drug-likeness (QED) is 0.658. The van der Waals surface area contributed by atoms with E-state index < -0.39 is 12.1 Å². The second-order valence-electron chi connectivity index (χ2n) is 10.8. The standard InChI is InChI=1S/C24H38O3/c1-15(21(25)14-22(26)27)18-9-10-19-17-8-7-16-6-4-5-12-23(16,2)20(17)11-13-24(18,19)3/h4-5,15-21,25H,6-14H2,1-3H3,(H,26,27)/t15-,16?,17-,18+,19-,20-,21?,23-,24+/m0/s1. The summed E-state index contributed by atoms with van der Waals surface area (Å²) in [6.07, 6.45) is 14.4. The van der Waals surface area contributed by atoms with E-state index >= 15 is 0 Å². The summed E-state index contributed by atoms with van der Waals surface area (Å²) in [6.45, 7) is 7.15. The lowest BCUT2D eigenvalue weighted by molar-refractivity contribution is -0.141. The maximum atomic E-state index is 11.1. The Morgan fingerprint density at radius 3 is 2.56 bits per heavy atom. The maximum Gasteiger partial charge on any atom is 0.305 e. The number of aliphatic hydroxyl groups is 1. The van der Waals surface area contributed by atoms with Gasteiger partial charge in [-0.3, -0.25) is 4.79 Å². The number of aliphatic hydroxyl groups excluding tert-OH is 1. The maximum absolute atomic E-state index is 11.1. The molecule has 0 aromatic rings. The number of carboxylic acid groups (broad SMARTS) is 1. The van der Waals surface area contributed by atoms with Crippen molar-refractivity contribution in [3.05, 3.63) is 12.2 Å². The minimum absolute atomic E-state index is 0.0807. The molecule has 4 rings (SSSR count). The average molecular weight is 375 g/mol. The fraction of sp³-hybridized carbons (Fsp3) is 0.875. The highest BCUT2D eigenvalue weighted by Gasteiger charge is 2.60. The Kier molecular flexibility index (Phi) is 4.98. The van der Waals surface area contributed by atoms with Crippen LogP contribution in [0.2, 0.25) is 0 Å². The topological polar surface area (TPSA) is 57.5 Å². The van der Waals surface area contributed by atoms with E-state index in [2.05, 4.69) is 32.9 Å². The van der Waals surface area contributed by atoms with Gasteiger partial charge in [0.2, 0.25) is 0 Å². The molecule has 0 radical (unpaired) electrons. The average Bonchev–Trinajstić information content (AvgIpc) is 2.97. The number of aliphatic carboxylic acids is 1. The van der Waals surface area contributed by atoms with E-state index in [0.717, 1.165) is 23.7 Å². The zero-order valence-corrected chi connectivity index (χ0v) is 17.4. The molecule has 0 aromatic carbocycles. The van der Waals surface area contributed by atoms with E-state index in [1.165, 1.54) is 51.4 Å². The third-order valence-electron chi connectivity index (χ3n) is 9.91. The summed E-state index contributed by atoms with van der Waals surface area (Å²) in [6, 6.07) is 0. The predicted molar refractivity (Wildman–Crippen MR) is 107 cm³/mol. The van der Waals surface area contributed by atoms with Gasteiger partial charge in [0, 0.05) is 0 Å². The van der Waals surface area contributed by atoms with Gasteiger partial charge in [0.25, 0.3) is 0 Å². The molecule has 3 heteroatoms. The fourth-order valence-corrected chi connectivity index (χ4v) is 8.38. The van der Waals surface area contributed by atoms with Crippen LogP contribution < -0.4 is 0 Å². The van der Waals surface area contributed by atoms with Crippen LogP contribution in [-0.4, -0.2) is 22.3 Å². The second kappa shape index (κ2) is 6.90. The molecule has 2 N–H and O–H groups in total. The van der Waals surface area contributed by atoms with Crippen molar-refractivity contribution in [2.24, 2.45) is 46.3 Å². The molecule has 0 heterocycles. The predicted octanol–water partition coefficient (Wildman–Crippen LogP) is 5.28. The van der Waals surface area contributed by atoms with E-state index in [4.69, 9.17) is 5.11 Å². The van der Waals surface area contributed by atoms with Crippen LogP contribution in [0.5, 0.6) is 0 Å². The van der Waals surface area contributed by atoms with Gasteiger partial charge >= 0.3 is 5.97 Å². The summed E-state index contributed by atoms with van der Waals surface area (Å²) in [4.78, 5) is 11.1. The molecule has 2 unspecified atom stereocenters. The summed E-state index contributed by atoms with van der Waals surface area (Å²) >= 11 is 0. The molecule has 9 atom stereocenters. The van der Waals surface area contributed by atoms with Gasteiger partial charge in [-0.05, 0) is 97.7 Å². The first-order valence-corrected chi connectivity index (χ1v) is 11.3. The summed E-state index contributed by atoms with van der Waals surface area (Å²) in [5, 5.41) is 19.6. The molecule has 4 aliphatic rings. The van der Waals surface area contributed by atoms with Crippen LogP contribution in [0, 0.1) is 46.3 Å². The minimum Gasteiger partial charge on any atom is -0.481 e. The van der Waals surface area contributed by atoms with Gasteiger partial charge in [0.15, 0.2) is 0 Å². The van der Waals surface area contributed by atoms with Gasteiger partial charge in [-0.1, -0.05) is 32.9 Å². The molecular formula is C24H38O3. The van der Waals surface area contributed by atoms with Crippen LogP contribution in [-0.2, 0) is 4.79 Å². The molecule has 0 spiro atoms. The molecule has 4 aliphatic carbocycles. The molecule has 3 nitrogen and oxygen atoms in total. The molecule has 152 valence electrons. The van der Waals surface area contributed by atoms with Gasteiger partial charge < -0.3 is 10.2 Å². The van der Waals surface area contributed by atoms with E-state index in [1.54, 1.807) is 0 Å². The summed E-state index contributed by atoms with van der Waals surface area (Å²) in [5.41, 5.74) is 0.777. The van der Waals surface area contributed by atoms with Gasteiger partial charge in [-0.25, -0.2) is 0 Å². The smallest absolute Gasteiger partial charge is 0.305 e. The number of hydrogen-bond acceptors (Lipinski definition) is 2. The first kappa shape index (κ1) is 19.5. The molecule has 0 bridgehead atoms. The Morgan fingerprint density at radius 1 is 1.07 bits per heavy atom. The van der Waals surface area contributed by atoms with Crippen molar-refractivity contribution in [1.82, 2.24) is 0 Å². The normalized spacial score (nSPS) is 48.2. The Bertz CT molecular complexity index is 613. The minimum atomic E-state index is -0.880.